The molecule has 5 nitrogen and oxygen atoms in total. The Bertz CT molecular complexity index is 602. The summed E-state index contributed by atoms with van der Waals surface area (Å²) < 4.78 is 28.3. The zero-order chi connectivity index (χ0) is 14.8. The van der Waals surface area contributed by atoms with Crippen LogP contribution in [0.3, 0.4) is 0 Å². The van der Waals surface area contributed by atoms with Crippen molar-refractivity contribution in [1.82, 2.24) is 0 Å². The number of carbonyl (C=O) groups excluding carboxylic acids is 1. The van der Waals surface area contributed by atoms with Crippen LogP contribution < -0.4 is 4.90 Å². The average Bonchev–Trinajstić information content (AvgIpc) is 2.73. The molecule has 0 spiro atoms. The molecule has 1 aromatic rings. The minimum absolute atomic E-state index is 0.0585. The van der Waals surface area contributed by atoms with E-state index in [0.717, 1.165) is 0 Å². The second kappa shape index (κ2) is 6.01. The summed E-state index contributed by atoms with van der Waals surface area (Å²) in [6.45, 7) is 1.92. The highest BCUT2D eigenvalue weighted by atomic mass is 35.5. The highest BCUT2D eigenvalue weighted by molar-refractivity contribution is 7.91. The molecule has 0 saturated carbocycles. The second-order valence-electron chi connectivity index (χ2n) is 4.58. The quantitative estimate of drug-likeness (QED) is 0.859. The number of nitrogens with zero attached hydrogens (tertiary/aromatic N) is 1. The normalized spacial score (nSPS) is 20.6. The molecule has 0 aliphatic carbocycles. The largest absolute Gasteiger partial charge is 0.449 e. The Hall–Kier alpha value is -1.27. The molecule has 1 heterocycles. The first-order valence-corrected chi connectivity index (χ1v) is 8.55. The number of carbonyl (C=O) groups is 1. The lowest BCUT2D eigenvalue weighted by molar-refractivity contribution is 0.157. The summed E-state index contributed by atoms with van der Waals surface area (Å²) >= 11 is 6.11. The molecular formula is C13H16ClNO4S. The molecule has 2 rings (SSSR count). The van der Waals surface area contributed by atoms with E-state index in [2.05, 4.69) is 0 Å². The zero-order valence-corrected chi connectivity index (χ0v) is 12.7. The van der Waals surface area contributed by atoms with Crippen LogP contribution in [-0.2, 0) is 14.6 Å². The van der Waals surface area contributed by atoms with E-state index in [4.69, 9.17) is 16.3 Å². The van der Waals surface area contributed by atoms with Gasteiger partial charge in [-0.15, -0.1) is 0 Å². The molecule has 1 saturated heterocycles. The summed E-state index contributed by atoms with van der Waals surface area (Å²) in [5, 5.41) is 0.393. The minimum atomic E-state index is -3.10. The van der Waals surface area contributed by atoms with Crippen molar-refractivity contribution in [1.29, 1.82) is 0 Å². The molecular weight excluding hydrogens is 302 g/mol. The smallest absolute Gasteiger partial charge is 0.414 e. The standard InChI is InChI=1S/C13H16ClNO4S/c1-2-19-13(16)15(10-7-8-20(17,18)9-10)12-6-4-3-5-11(12)14/h3-6,10H,2,7-9H2,1H3. The van der Waals surface area contributed by atoms with Crippen LogP contribution in [-0.4, -0.2) is 38.7 Å². The van der Waals surface area contributed by atoms with Crippen molar-refractivity contribution >= 4 is 33.2 Å². The number of rotatable bonds is 3. The van der Waals surface area contributed by atoms with Crippen molar-refractivity contribution in [3.8, 4) is 0 Å². The Morgan fingerprint density at radius 2 is 2.15 bits per heavy atom. The van der Waals surface area contributed by atoms with Crippen LogP contribution >= 0.6 is 11.6 Å². The Labute approximate surface area is 123 Å². The number of halogens is 1. The van der Waals surface area contributed by atoms with Gasteiger partial charge in [0.25, 0.3) is 0 Å². The lowest BCUT2D eigenvalue weighted by atomic mass is 10.2. The van der Waals surface area contributed by atoms with Crippen LogP contribution in [0, 0.1) is 0 Å². The van der Waals surface area contributed by atoms with Gasteiger partial charge in [0.1, 0.15) is 0 Å². The Kier molecular flexibility index (Phi) is 4.55. The van der Waals surface area contributed by atoms with Crippen LogP contribution in [0.4, 0.5) is 10.5 Å². The van der Waals surface area contributed by atoms with Crippen molar-refractivity contribution in [2.75, 3.05) is 23.0 Å². The summed E-state index contributed by atoms with van der Waals surface area (Å²) in [6, 6.07) is 6.41. The van der Waals surface area contributed by atoms with E-state index in [9.17, 15) is 13.2 Å². The predicted molar refractivity (Wildman–Crippen MR) is 78.0 cm³/mol. The fourth-order valence-electron chi connectivity index (χ4n) is 2.26. The summed E-state index contributed by atoms with van der Waals surface area (Å²) in [5.41, 5.74) is 0.481. The van der Waals surface area contributed by atoms with Crippen LogP contribution in [0.2, 0.25) is 5.02 Å². The highest BCUT2D eigenvalue weighted by Crippen LogP contribution is 2.31. The first-order valence-electron chi connectivity index (χ1n) is 6.35. The number of para-hydroxylation sites is 1. The van der Waals surface area contributed by atoms with Gasteiger partial charge >= 0.3 is 6.09 Å². The molecule has 0 N–H and O–H groups in total. The molecule has 1 amide bonds. The molecule has 1 aromatic carbocycles. The van der Waals surface area contributed by atoms with Crippen molar-refractivity contribution in [3.05, 3.63) is 29.3 Å². The molecule has 20 heavy (non-hydrogen) atoms. The Balaban J connectivity index is 2.36. The van der Waals surface area contributed by atoms with Gasteiger partial charge in [0.2, 0.25) is 0 Å². The summed E-state index contributed by atoms with van der Waals surface area (Å²) in [4.78, 5) is 13.5. The number of benzene rings is 1. The van der Waals surface area contributed by atoms with Gasteiger partial charge < -0.3 is 4.74 Å². The third-order valence-corrected chi connectivity index (χ3v) is 5.22. The van der Waals surface area contributed by atoms with Crippen LogP contribution in [0.1, 0.15) is 13.3 Å². The Morgan fingerprint density at radius 3 is 2.70 bits per heavy atom. The molecule has 1 atom stereocenters. The van der Waals surface area contributed by atoms with E-state index in [-0.39, 0.29) is 18.1 Å². The SMILES string of the molecule is CCOC(=O)N(c1ccccc1Cl)C1CCS(=O)(=O)C1. The van der Waals surface area contributed by atoms with Gasteiger partial charge in [-0.2, -0.15) is 0 Å². The monoisotopic (exact) mass is 317 g/mol. The van der Waals surface area contributed by atoms with Gasteiger partial charge in [-0.3, -0.25) is 4.90 Å². The van der Waals surface area contributed by atoms with Gasteiger partial charge in [0.05, 0.1) is 34.9 Å². The van der Waals surface area contributed by atoms with Gasteiger partial charge in [-0.1, -0.05) is 23.7 Å². The molecule has 1 fully saturated rings. The highest BCUT2D eigenvalue weighted by Gasteiger charge is 2.36. The number of hydrogen-bond acceptors (Lipinski definition) is 4. The van der Waals surface area contributed by atoms with E-state index in [1.54, 1.807) is 31.2 Å². The molecule has 0 bridgehead atoms. The molecule has 1 aliphatic heterocycles. The van der Waals surface area contributed by atoms with Crippen molar-refractivity contribution in [3.63, 3.8) is 0 Å². The number of ether oxygens (including phenoxy) is 1. The molecule has 1 unspecified atom stereocenters. The third-order valence-electron chi connectivity index (χ3n) is 3.15. The maximum atomic E-state index is 12.1. The summed E-state index contributed by atoms with van der Waals surface area (Å²) in [6.07, 6.45) is -0.172. The average molecular weight is 318 g/mol. The van der Waals surface area contributed by atoms with Crippen molar-refractivity contribution in [2.24, 2.45) is 0 Å². The number of amides is 1. The minimum Gasteiger partial charge on any atom is -0.449 e. The van der Waals surface area contributed by atoms with Crippen molar-refractivity contribution in [2.45, 2.75) is 19.4 Å². The number of sulfone groups is 1. The van der Waals surface area contributed by atoms with E-state index >= 15 is 0 Å². The van der Waals surface area contributed by atoms with Gasteiger partial charge in [-0.05, 0) is 25.5 Å². The van der Waals surface area contributed by atoms with Gasteiger partial charge in [-0.25, -0.2) is 13.2 Å². The first-order chi connectivity index (χ1) is 9.44. The lowest BCUT2D eigenvalue weighted by Crippen LogP contribution is -2.41. The van der Waals surface area contributed by atoms with Crippen LogP contribution in [0.15, 0.2) is 24.3 Å². The van der Waals surface area contributed by atoms with E-state index in [1.165, 1.54) is 4.90 Å². The number of anilines is 1. The van der Waals surface area contributed by atoms with Crippen LogP contribution in [0.5, 0.6) is 0 Å². The topological polar surface area (TPSA) is 63.7 Å². The van der Waals surface area contributed by atoms with Gasteiger partial charge in [0.15, 0.2) is 9.84 Å². The summed E-state index contributed by atoms with van der Waals surface area (Å²) in [5.74, 6) is 0.0229. The lowest BCUT2D eigenvalue weighted by Gasteiger charge is -2.28. The molecule has 0 aromatic heterocycles. The Morgan fingerprint density at radius 1 is 1.45 bits per heavy atom. The fourth-order valence-corrected chi connectivity index (χ4v) is 4.19. The molecule has 1 aliphatic rings. The molecule has 110 valence electrons. The van der Waals surface area contributed by atoms with E-state index in [0.29, 0.717) is 17.1 Å². The first kappa shape index (κ1) is 15.1. The van der Waals surface area contributed by atoms with Gasteiger partial charge in [0, 0.05) is 0 Å². The summed E-state index contributed by atoms with van der Waals surface area (Å²) in [7, 11) is -3.10. The van der Waals surface area contributed by atoms with E-state index < -0.39 is 22.0 Å². The second-order valence-corrected chi connectivity index (χ2v) is 7.21. The third kappa shape index (κ3) is 3.24. The number of hydrogen-bond donors (Lipinski definition) is 0. The van der Waals surface area contributed by atoms with Crippen molar-refractivity contribution < 1.29 is 17.9 Å². The van der Waals surface area contributed by atoms with Crippen LogP contribution in [0.25, 0.3) is 0 Å². The maximum Gasteiger partial charge on any atom is 0.414 e. The molecule has 7 heteroatoms. The maximum absolute atomic E-state index is 12.1. The van der Waals surface area contributed by atoms with E-state index in [1.807, 2.05) is 0 Å². The predicted octanol–water partition coefficient (Wildman–Crippen LogP) is 2.49. The molecule has 0 radical (unpaired) electrons. The fraction of sp³-hybridized carbons (Fsp3) is 0.462. The zero-order valence-electron chi connectivity index (χ0n) is 11.1.